The molecule has 0 atom stereocenters. The van der Waals surface area contributed by atoms with Gasteiger partial charge in [-0.25, -0.2) is 4.98 Å². The van der Waals surface area contributed by atoms with E-state index in [1.54, 1.807) is 23.1 Å². The lowest BCUT2D eigenvalue weighted by molar-refractivity contribution is 0.593. The van der Waals surface area contributed by atoms with Crippen molar-refractivity contribution in [1.29, 1.82) is 0 Å². The van der Waals surface area contributed by atoms with Crippen LogP contribution in [0.2, 0.25) is 5.02 Å². The van der Waals surface area contributed by atoms with Gasteiger partial charge in [-0.15, -0.1) is 23.1 Å². The molecule has 0 unspecified atom stereocenters. The van der Waals surface area contributed by atoms with E-state index in [0.29, 0.717) is 6.04 Å². The Balaban J connectivity index is 1.88. The molecule has 2 nitrogen and oxygen atoms in total. The third-order valence-corrected chi connectivity index (χ3v) is 5.18. The van der Waals surface area contributed by atoms with Crippen molar-refractivity contribution < 1.29 is 0 Å². The molecule has 0 saturated heterocycles. The standard InChI is InChI=1S/C14H17ClN2S2/c1-10(2)16-7-11-8-17-14(19-11)9-18-13-6-4-3-5-12(13)15/h3-6,8,10,16H,7,9H2,1-2H3. The normalized spacial score (nSPS) is 11.2. The molecule has 0 saturated carbocycles. The second kappa shape index (κ2) is 7.29. The Morgan fingerprint density at radius 1 is 1.37 bits per heavy atom. The molecule has 0 radical (unpaired) electrons. The number of halogens is 1. The summed E-state index contributed by atoms with van der Waals surface area (Å²) >= 11 is 9.63. The fraction of sp³-hybridized carbons (Fsp3) is 0.357. The highest BCUT2D eigenvalue weighted by atomic mass is 35.5. The summed E-state index contributed by atoms with van der Waals surface area (Å²) in [4.78, 5) is 6.85. The van der Waals surface area contributed by atoms with Gasteiger partial charge >= 0.3 is 0 Å². The molecule has 0 amide bonds. The van der Waals surface area contributed by atoms with Crippen LogP contribution in [0, 0.1) is 0 Å². The van der Waals surface area contributed by atoms with Gasteiger partial charge in [-0.3, -0.25) is 0 Å². The molecule has 1 heterocycles. The van der Waals surface area contributed by atoms with Gasteiger partial charge in [-0.1, -0.05) is 37.6 Å². The van der Waals surface area contributed by atoms with Crippen LogP contribution in [0.15, 0.2) is 35.4 Å². The third kappa shape index (κ3) is 4.80. The Morgan fingerprint density at radius 2 is 2.16 bits per heavy atom. The first kappa shape index (κ1) is 14.9. The van der Waals surface area contributed by atoms with Gasteiger partial charge < -0.3 is 5.32 Å². The lowest BCUT2D eigenvalue weighted by Crippen LogP contribution is -2.21. The average Bonchev–Trinajstić information content (AvgIpc) is 2.83. The molecule has 0 aliphatic heterocycles. The summed E-state index contributed by atoms with van der Waals surface area (Å²) in [6.45, 7) is 5.19. The number of aromatic nitrogens is 1. The van der Waals surface area contributed by atoms with E-state index in [1.807, 2.05) is 30.5 Å². The zero-order valence-corrected chi connectivity index (χ0v) is 13.4. The number of benzene rings is 1. The predicted molar refractivity (Wildman–Crippen MR) is 85.1 cm³/mol. The first-order valence-corrected chi connectivity index (χ1v) is 8.37. The van der Waals surface area contributed by atoms with E-state index in [0.717, 1.165) is 27.2 Å². The smallest absolute Gasteiger partial charge is 0.103 e. The zero-order chi connectivity index (χ0) is 13.7. The highest BCUT2D eigenvalue weighted by molar-refractivity contribution is 7.98. The van der Waals surface area contributed by atoms with Crippen molar-refractivity contribution in [1.82, 2.24) is 10.3 Å². The molecule has 0 bridgehead atoms. The second-order valence-corrected chi connectivity index (χ2v) is 7.10. The number of nitrogens with one attached hydrogen (secondary N) is 1. The SMILES string of the molecule is CC(C)NCc1cnc(CSc2ccccc2Cl)s1. The Kier molecular flexibility index (Phi) is 5.70. The van der Waals surface area contributed by atoms with Gasteiger partial charge in [0.15, 0.2) is 0 Å². The van der Waals surface area contributed by atoms with Crippen LogP contribution in [-0.4, -0.2) is 11.0 Å². The van der Waals surface area contributed by atoms with Crippen LogP contribution in [0.25, 0.3) is 0 Å². The highest BCUT2D eigenvalue weighted by Gasteiger charge is 2.05. The van der Waals surface area contributed by atoms with Crippen LogP contribution in [0.5, 0.6) is 0 Å². The minimum absolute atomic E-state index is 0.503. The zero-order valence-electron chi connectivity index (χ0n) is 11.0. The van der Waals surface area contributed by atoms with Crippen molar-refractivity contribution in [3.8, 4) is 0 Å². The fourth-order valence-corrected chi connectivity index (χ4v) is 3.62. The molecule has 1 N–H and O–H groups in total. The Morgan fingerprint density at radius 3 is 2.89 bits per heavy atom. The van der Waals surface area contributed by atoms with Crippen LogP contribution in [0.3, 0.4) is 0 Å². The Labute approximate surface area is 127 Å². The van der Waals surface area contributed by atoms with Crippen molar-refractivity contribution in [3.63, 3.8) is 0 Å². The average molecular weight is 313 g/mol. The van der Waals surface area contributed by atoms with Gasteiger partial charge in [0.05, 0.1) is 10.8 Å². The van der Waals surface area contributed by atoms with Crippen LogP contribution < -0.4 is 5.32 Å². The van der Waals surface area contributed by atoms with Crippen molar-refractivity contribution in [2.75, 3.05) is 0 Å². The summed E-state index contributed by atoms with van der Waals surface area (Å²) in [5, 5.41) is 5.36. The van der Waals surface area contributed by atoms with Crippen molar-refractivity contribution >= 4 is 34.7 Å². The largest absolute Gasteiger partial charge is 0.310 e. The molecule has 1 aromatic heterocycles. The summed E-state index contributed by atoms with van der Waals surface area (Å²) in [5.74, 6) is 0.871. The van der Waals surface area contributed by atoms with E-state index in [4.69, 9.17) is 11.6 Å². The predicted octanol–water partition coefficient (Wildman–Crippen LogP) is 4.59. The first-order chi connectivity index (χ1) is 9.15. The van der Waals surface area contributed by atoms with E-state index >= 15 is 0 Å². The highest BCUT2D eigenvalue weighted by Crippen LogP contribution is 2.30. The molecule has 0 aliphatic rings. The quantitative estimate of drug-likeness (QED) is 0.790. The summed E-state index contributed by atoms with van der Waals surface area (Å²) in [5.41, 5.74) is 0. The van der Waals surface area contributed by atoms with Crippen LogP contribution in [-0.2, 0) is 12.3 Å². The van der Waals surface area contributed by atoms with Crippen molar-refractivity contribution in [3.05, 3.63) is 45.4 Å². The number of thiazole rings is 1. The topological polar surface area (TPSA) is 24.9 Å². The molecule has 2 rings (SSSR count). The number of thioether (sulfide) groups is 1. The molecule has 19 heavy (non-hydrogen) atoms. The maximum atomic E-state index is 6.13. The lowest BCUT2D eigenvalue weighted by atomic mass is 10.4. The first-order valence-electron chi connectivity index (χ1n) is 6.19. The number of rotatable bonds is 6. The minimum atomic E-state index is 0.503. The number of hydrogen-bond donors (Lipinski definition) is 1. The van der Waals surface area contributed by atoms with Crippen LogP contribution in [0.4, 0.5) is 0 Å². The molecular weight excluding hydrogens is 296 g/mol. The van der Waals surface area contributed by atoms with E-state index in [1.165, 1.54) is 4.88 Å². The van der Waals surface area contributed by atoms with Gasteiger partial charge in [0.25, 0.3) is 0 Å². The van der Waals surface area contributed by atoms with E-state index in [9.17, 15) is 0 Å². The maximum absolute atomic E-state index is 6.13. The summed E-state index contributed by atoms with van der Waals surface area (Å²) in [7, 11) is 0. The maximum Gasteiger partial charge on any atom is 0.103 e. The molecule has 2 aromatic rings. The van der Waals surface area contributed by atoms with E-state index in [2.05, 4.69) is 24.1 Å². The number of hydrogen-bond acceptors (Lipinski definition) is 4. The lowest BCUT2D eigenvalue weighted by Gasteiger charge is -2.04. The molecule has 0 fully saturated rings. The monoisotopic (exact) mass is 312 g/mol. The summed E-state index contributed by atoms with van der Waals surface area (Å²) in [6.07, 6.45) is 1.96. The van der Waals surface area contributed by atoms with Crippen molar-refractivity contribution in [2.24, 2.45) is 0 Å². The van der Waals surface area contributed by atoms with Crippen LogP contribution in [0.1, 0.15) is 23.7 Å². The molecule has 1 aromatic carbocycles. The summed E-state index contributed by atoms with van der Waals surface area (Å²) < 4.78 is 0. The summed E-state index contributed by atoms with van der Waals surface area (Å²) in [6, 6.07) is 8.42. The second-order valence-electron chi connectivity index (χ2n) is 4.48. The van der Waals surface area contributed by atoms with Crippen LogP contribution >= 0.6 is 34.7 Å². The molecule has 0 aliphatic carbocycles. The van der Waals surface area contributed by atoms with E-state index in [-0.39, 0.29) is 0 Å². The Hall–Kier alpha value is -0.550. The molecule has 102 valence electrons. The van der Waals surface area contributed by atoms with Gasteiger partial charge in [0.2, 0.25) is 0 Å². The Bertz CT molecular complexity index is 526. The van der Waals surface area contributed by atoms with Gasteiger partial charge in [-0.05, 0) is 12.1 Å². The fourth-order valence-electron chi connectivity index (χ4n) is 1.50. The van der Waals surface area contributed by atoms with Gasteiger partial charge in [-0.2, -0.15) is 0 Å². The molecule has 0 spiro atoms. The van der Waals surface area contributed by atoms with E-state index < -0.39 is 0 Å². The molecule has 5 heteroatoms. The number of nitrogens with zero attached hydrogens (tertiary/aromatic N) is 1. The third-order valence-electron chi connectivity index (χ3n) is 2.47. The molecular formula is C14H17ClN2S2. The van der Waals surface area contributed by atoms with Gasteiger partial charge in [0.1, 0.15) is 5.01 Å². The minimum Gasteiger partial charge on any atom is -0.310 e. The van der Waals surface area contributed by atoms with Gasteiger partial charge in [0, 0.05) is 28.6 Å². The van der Waals surface area contributed by atoms with Crippen molar-refractivity contribution in [2.45, 2.75) is 37.1 Å².